The monoisotopic (exact) mass is 143 g/mol. The SMILES string of the molecule is C=C1OCC(C(=O)NC)O1. The van der Waals surface area contributed by atoms with Gasteiger partial charge in [-0.3, -0.25) is 4.79 Å². The van der Waals surface area contributed by atoms with Gasteiger partial charge in [-0.1, -0.05) is 0 Å². The molecule has 1 amide bonds. The number of carbonyl (C=O) groups is 1. The minimum absolute atomic E-state index is 0.182. The molecule has 0 bridgehead atoms. The van der Waals surface area contributed by atoms with Gasteiger partial charge in [-0.25, -0.2) is 0 Å². The Hall–Kier alpha value is -1.19. The molecule has 1 aliphatic heterocycles. The molecule has 0 aromatic heterocycles. The Morgan fingerprint density at radius 2 is 2.60 bits per heavy atom. The van der Waals surface area contributed by atoms with E-state index in [2.05, 4.69) is 11.9 Å². The summed E-state index contributed by atoms with van der Waals surface area (Å²) in [5.74, 6) is 0.0345. The average molecular weight is 143 g/mol. The lowest BCUT2D eigenvalue weighted by molar-refractivity contribution is -0.127. The molecule has 1 aliphatic rings. The van der Waals surface area contributed by atoms with Gasteiger partial charge in [0.2, 0.25) is 6.10 Å². The molecule has 1 N–H and O–H groups in total. The zero-order chi connectivity index (χ0) is 7.56. The Labute approximate surface area is 58.8 Å². The summed E-state index contributed by atoms with van der Waals surface area (Å²) in [6, 6.07) is 0. The second-order valence-electron chi connectivity index (χ2n) is 1.90. The molecule has 10 heavy (non-hydrogen) atoms. The molecule has 4 heteroatoms. The maximum atomic E-state index is 10.8. The van der Waals surface area contributed by atoms with E-state index in [9.17, 15) is 4.79 Å². The number of amides is 1. The van der Waals surface area contributed by atoms with E-state index < -0.39 is 6.10 Å². The lowest BCUT2D eigenvalue weighted by Crippen LogP contribution is -2.33. The van der Waals surface area contributed by atoms with Crippen molar-refractivity contribution in [3.05, 3.63) is 12.5 Å². The van der Waals surface area contributed by atoms with Gasteiger partial charge >= 0.3 is 0 Å². The molecular weight excluding hydrogens is 134 g/mol. The van der Waals surface area contributed by atoms with Crippen molar-refractivity contribution < 1.29 is 14.3 Å². The van der Waals surface area contributed by atoms with Crippen molar-refractivity contribution in [2.24, 2.45) is 0 Å². The number of hydrogen-bond donors (Lipinski definition) is 1. The molecule has 4 nitrogen and oxygen atoms in total. The van der Waals surface area contributed by atoms with Crippen LogP contribution in [0.25, 0.3) is 0 Å². The highest BCUT2D eigenvalue weighted by molar-refractivity contribution is 5.80. The van der Waals surface area contributed by atoms with Gasteiger partial charge in [0, 0.05) is 7.05 Å². The predicted octanol–water partition coefficient (Wildman–Crippen LogP) is -0.381. The molecular formula is C6H9NO3. The van der Waals surface area contributed by atoms with Crippen LogP contribution in [0.1, 0.15) is 0 Å². The molecule has 1 heterocycles. The first-order valence-electron chi connectivity index (χ1n) is 2.94. The fourth-order valence-corrected chi connectivity index (χ4v) is 0.686. The zero-order valence-corrected chi connectivity index (χ0v) is 5.72. The van der Waals surface area contributed by atoms with E-state index in [4.69, 9.17) is 9.47 Å². The van der Waals surface area contributed by atoms with Gasteiger partial charge in [-0.15, -0.1) is 0 Å². The van der Waals surface area contributed by atoms with Crippen LogP contribution in [0.3, 0.4) is 0 Å². The Morgan fingerprint density at radius 1 is 1.90 bits per heavy atom. The summed E-state index contributed by atoms with van der Waals surface area (Å²) in [6.07, 6.45) is -0.516. The minimum atomic E-state index is -0.516. The Bertz CT molecular complexity index is 166. The van der Waals surface area contributed by atoms with Crippen molar-refractivity contribution in [3.63, 3.8) is 0 Å². The quantitative estimate of drug-likeness (QED) is 0.544. The van der Waals surface area contributed by atoms with Crippen LogP contribution in [0.2, 0.25) is 0 Å². The van der Waals surface area contributed by atoms with Crippen molar-refractivity contribution >= 4 is 5.91 Å². The molecule has 1 saturated heterocycles. The van der Waals surface area contributed by atoms with Crippen LogP contribution in [0.5, 0.6) is 0 Å². The predicted molar refractivity (Wildman–Crippen MR) is 34.0 cm³/mol. The standard InChI is InChI=1S/C6H9NO3/c1-4-9-3-5(10-4)6(8)7-2/h5H,1,3H2,2H3,(H,7,8). The van der Waals surface area contributed by atoms with E-state index in [1.54, 1.807) is 7.05 Å². The van der Waals surface area contributed by atoms with Crippen molar-refractivity contribution in [3.8, 4) is 0 Å². The first-order chi connectivity index (χ1) is 4.74. The largest absolute Gasteiger partial charge is 0.461 e. The van der Waals surface area contributed by atoms with Gasteiger partial charge in [-0.05, 0) is 6.58 Å². The highest BCUT2D eigenvalue weighted by atomic mass is 16.7. The van der Waals surface area contributed by atoms with Crippen molar-refractivity contribution in [2.45, 2.75) is 6.10 Å². The lowest BCUT2D eigenvalue weighted by atomic mass is 10.4. The van der Waals surface area contributed by atoms with Crippen molar-refractivity contribution in [1.82, 2.24) is 5.32 Å². The number of hydrogen-bond acceptors (Lipinski definition) is 3. The zero-order valence-electron chi connectivity index (χ0n) is 5.72. The Kier molecular flexibility index (Phi) is 1.80. The second-order valence-corrected chi connectivity index (χ2v) is 1.90. The van der Waals surface area contributed by atoms with E-state index in [1.165, 1.54) is 0 Å². The van der Waals surface area contributed by atoms with Crippen LogP contribution in [-0.4, -0.2) is 25.7 Å². The Morgan fingerprint density at radius 3 is 3.00 bits per heavy atom. The van der Waals surface area contributed by atoms with Gasteiger partial charge in [0.15, 0.2) is 0 Å². The Balaban J connectivity index is 2.44. The van der Waals surface area contributed by atoms with E-state index in [0.29, 0.717) is 0 Å². The summed E-state index contributed by atoms with van der Waals surface area (Å²) in [7, 11) is 1.55. The van der Waals surface area contributed by atoms with Crippen molar-refractivity contribution in [1.29, 1.82) is 0 Å². The minimum Gasteiger partial charge on any atom is -0.461 e. The van der Waals surface area contributed by atoms with Crippen LogP contribution in [-0.2, 0) is 14.3 Å². The number of carbonyl (C=O) groups excluding carboxylic acids is 1. The topological polar surface area (TPSA) is 47.6 Å². The van der Waals surface area contributed by atoms with Crippen LogP contribution >= 0.6 is 0 Å². The smallest absolute Gasteiger partial charge is 0.272 e. The highest BCUT2D eigenvalue weighted by Gasteiger charge is 2.26. The third-order valence-corrected chi connectivity index (χ3v) is 1.21. The molecule has 1 fully saturated rings. The summed E-state index contributed by atoms with van der Waals surface area (Å²) in [4.78, 5) is 10.8. The first kappa shape index (κ1) is 6.92. The van der Waals surface area contributed by atoms with Gasteiger partial charge in [0.05, 0.1) is 0 Å². The maximum Gasteiger partial charge on any atom is 0.272 e. The third kappa shape index (κ3) is 1.21. The normalized spacial score (nSPS) is 23.3. The van der Waals surface area contributed by atoms with Gasteiger partial charge in [0.1, 0.15) is 6.61 Å². The summed E-state index contributed by atoms with van der Waals surface area (Å²) in [5, 5.41) is 2.44. The second kappa shape index (κ2) is 2.60. The van der Waals surface area contributed by atoms with Gasteiger partial charge in [0.25, 0.3) is 11.9 Å². The van der Waals surface area contributed by atoms with E-state index in [-0.39, 0.29) is 18.5 Å². The molecule has 0 aromatic rings. The van der Waals surface area contributed by atoms with Crippen LogP contribution < -0.4 is 5.32 Å². The number of ether oxygens (including phenoxy) is 2. The molecule has 0 aromatic carbocycles. The first-order valence-corrected chi connectivity index (χ1v) is 2.94. The molecule has 0 saturated carbocycles. The third-order valence-electron chi connectivity index (χ3n) is 1.21. The number of nitrogens with one attached hydrogen (secondary N) is 1. The van der Waals surface area contributed by atoms with Crippen LogP contribution in [0.15, 0.2) is 12.5 Å². The van der Waals surface area contributed by atoms with Gasteiger partial charge < -0.3 is 14.8 Å². The fourth-order valence-electron chi connectivity index (χ4n) is 0.686. The summed E-state index contributed by atoms with van der Waals surface area (Å²) >= 11 is 0. The molecule has 1 atom stereocenters. The fraction of sp³-hybridized carbons (Fsp3) is 0.500. The molecule has 1 unspecified atom stereocenters. The highest BCUT2D eigenvalue weighted by Crippen LogP contribution is 2.12. The number of rotatable bonds is 1. The van der Waals surface area contributed by atoms with Gasteiger partial charge in [-0.2, -0.15) is 0 Å². The van der Waals surface area contributed by atoms with Crippen molar-refractivity contribution in [2.75, 3.05) is 13.7 Å². The molecule has 0 spiro atoms. The average Bonchev–Trinajstić information content (AvgIpc) is 2.34. The van der Waals surface area contributed by atoms with E-state index >= 15 is 0 Å². The number of likely N-dealkylation sites (N-methyl/N-ethyl adjacent to an activating group) is 1. The van der Waals surface area contributed by atoms with E-state index in [0.717, 1.165) is 0 Å². The lowest BCUT2D eigenvalue weighted by Gasteiger charge is -2.03. The summed E-state index contributed by atoms with van der Waals surface area (Å²) < 4.78 is 9.70. The summed E-state index contributed by atoms with van der Waals surface area (Å²) in [6.45, 7) is 3.66. The van der Waals surface area contributed by atoms with E-state index in [1.807, 2.05) is 0 Å². The van der Waals surface area contributed by atoms with Crippen LogP contribution in [0.4, 0.5) is 0 Å². The molecule has 1 rings (SSSR count). The molecule has 0 aliphatic carbocycles. The van der Waals surface area contributed by atoms with Crippen LogP contribution in [0, 0.1) is 0 Å². The molecule has 56 valence electrons. The maximum absolute atomic E-state index is 10.8. The molecule has 0 radical (unpaired) electrons. The summed E-state index contributed by atoms with van der Waals surface area (Å²) in [5.41, 5.74) is 0.